The maximum atomic E-state index is 12.6. The first-order valence-corrected chi connectivity index (χ1v) is 8.30. The lowest BCUT2D eigenvalue weighted by atomic mass is 9.80. The van der Waals surface area contributed by atoms with E-state index in [2.05, 4.69) is 13.8 Å². The molecule has 1 N–H and O–H groups in total. The van der Waals surface area contributed by atoms with E-state index in [0.29, 0.717) is 31.2 Å². The Morgan fingerprint density at radius 1 is 1.20 bits per heavy atom. The fraction of sp³-hybridized carbons (Fsp3) is 0.857. The fourth-order valence-electron chi connectivity index (χ4n) is 2.79. The summed E-state index contributed by atoms with van der Waals surface area (Å²) in [6.07, 6.45) is 1.08. The zero-order chi connectivity index (χ0) is 14.9. The van der Waals surface area contributed by atoms with Gasteiger partial charge in [0.25, 0.3) is 0 Å². The summed E-state index contributed by atoms with van der Waals surface area (Å²) >= 11 is 1.91. The number of hydrogen-bond acceptors (Lipinski definition) is 3. The Hall–Kier alpha value is -0.910. The Balaban J connectivity index is 1.96. The van der Waals surface area contributed by atoms with Crippen LogP contribution in [-0.2, 0) is 4.79 Å². The van der Waals surface area contributed by atoms with Gasteiger partial charge in [-0.25, -0.2) is 4.79 Å². The predicted octanol–water partition coefficient (Wildman–Crippen LogP) is 2.12. The molecule has 0 saturated carbocycles. The van der Waals surface area contributed by atoms with Crippen molar-refractivity contribution in [2.75, 3.05) is 25.4 Å². The number of carbonyl (C=O) groups excluding carboxylic acids is 1. The van der Waals surface area contributed by atoms with E-state index in [0.717, 1.165) is 12.3 Å². The van der Waals surface area contributed by atoms with E-state index in [1.54, 1.807) is 6.92 Å². The standard InChI is InChI=1S/C14H24N2O3S/c1-10-11(2)20-9-8-16(10)13(19)15-6-4-14(3,5-7-15)12(17)18/h10-11H,4-9H2,1-3H3,(H,17,18). The molecule has 20 heavy (non-hydrogen) atoms. The molecule has 2 fully saturated rings. The van der Waals surface area contributed by atoms with Crippen molar-refractivity contribution in [3.05, 3.63) is 0 Å². The van der Waals surface area contributed by atoms with Crippen molar-refractivity contribution in [2.45, 2.75) is 44.9 Å². The molecule has 2 unspecified atom stereocenters. The Morgan fingerprint density at radius 2 is 1.80 bits per heavy atom. The molecule has 0 aromatic rings. The lowest BCUT2D eigenvalue weighted by Crippen LogP contribution is -2.55. The molecule has 2 aliphatic heterocycles. The fourth-order valence-corrected chi connectivity index (χ4v) is 3.89. The van der Waals surface area contributed by atoms with Crippen molar-refractivity contribution < 1.29 is 14.7 Å². The first-order valence-electron chi connectivity index (χ1n) is 7.26. The average molecular weight is 300 g/mol. The van der Waals surface area contributed by atoms with Crippen LogP contribution >= 0.6 is 11.8 Å². The molecular formula is C14H24N2O3S. The third kappa shape index (κ3) is 2.90. The van der Waals surface area contributed by atoms with E-state index >= 15 is 0 Å². The number of carbonyl (C=O) groups is 2. The highest BCUT2D eigenvalue weighted by atomic mass is 32.2. The highest BCUT2D eigenvalue weighted by Gasteiger charge is 2.40. The van der Waals surface area contributed by atoms with Gasteiger partial charge in [0.05, 0.1) is 5.41 Å². The summed E-state index contributed by atoms with van der Waals surface area (Å²) in [4.78, 5) is 27.6. The summed E-state index contributed by atoms with van der Waals surface area (Å²) in [7, 11) is 0. The smallest absolute Gasteiger partial charge is 0.320 e. The number of aliphatic carboxylic acids is 1. The van der Waals surface area contributed by atoms with Crippen LogP contribution in [-0.4, -0.2) is 63.6 Å². The predicted molar refractivity (Wildman–Crippen MR) is 80.0 cm³/mol. The summed E-state index contributed by atoms with van der Waals surface area (Å²) in [6, 6.07) is 0.325. The summed E-state index contributed by atoms with van der Waals surface area (Å²) in [5.74, 6) is 0.235. The van der Waals surface area contributed by atoms with Gasteiger partial charge in [-0.1, -0.05) is 6.92 Å². The molecule has 0 aromatic carbocycles. The Labute approximate surface area is 124 Å². The number of carboxylic acid groups (broad SMARTS) is 1. The second-order valence-corrected chi connectivity index (χ2v) is 7.63. The van der Waals surface area contributed by atoms with Gasteiger partial charge in [-0.2, -0.15) is 11.8 Å². The molecule has 2 saturated heterocycles. The number of carboxylic acids is 1. The van der Waals surface area contributed by atoms with E-state index in [4.69, 9.17) is 0 Å². The van der Waals surface area contributed by atoms with Crippen LogP contribution in [0, 0.1) is 5.41 Å². The van der Waals surface area contributed by atoms with E-state index < -0.39 is 11.4 Å². The number of urea groups is 1. The van der Waals surface area contributed by atoms with Crippen LogP contribution in [0.4, 0.5) is 4.79 Å². The van der Waals surface area contributed by atoms with E-state index in [1.165, 1.54) is 0 Å². The molecule has 114 valence electrons. The van der Waals surface area contributed by atoms with Gasteiger partial charge >= 0.3 is 12.0 Å². The van der Waals surface area contributed by atoms with Crippen molar-refractivity contribution in [2.24, 2.45) is 5.41 Å². The number of hydrogen-bond donors (Lipinski definition) is 1. The maximum Gasteiger partial charge on any atom is 0.320 e. The van der Waals surface area contributed by atoms with Crippen LogP contribution in [0.1, 0.15) is 33.6 Å². The van der Waals surface area contributed by atoms with Gasteiger partial charge in [-0.15, -0.1) is 0 Å². The summed E-state index contributed by atoms with van der Waals surface area (Å²) in [5, 5.41) is 9.69. The van der Waals surface area contributed by atoms with E-state index in [9.17, 15) is 14.7 Å². The van der Waals surface area contributed by atoms with Gasteiger partial charge in [0.15, 0.2) is 0 Å². The number of nitrogens with zero attached hydrogens (tertiary/aromatic N) is 2. The first-order chi connectivity index (χ1) is 9.35. The van der Waals surface area contributed by atoms with Gasteiger partial charge in [0.2, 0.25) is 0 Å². The molecule has 6 heteroatoms. The molecule has 2 atom stereocenters. The van der Waals surface area contributed by atoms with Crippen LogP contribution in [0.2, 0.25) is 0 Å². The van der Waals surface area contributed by atoms with Crippen molar-refractivity contribution in [1.82, 2.24) is 9.80 Å². The SMILES string of the molecule is CC1SCCN(C(=O)N2CCC(C)(C(=O)O)CC2)C1C. The number of amides is 2. The van der Waals surface area contributed by atoms with Crippen molar-refractivity contribution in [3.8, 4) is 0 Å². The monoisotopic (exact) mass is 300 g/mol. The molecule has 2 heterocycles. The van der Waals surface area contributed by atoms with Crippen LogP contribution in [0.15, 0.2) is 0 Å². The van der Waals surface area contributed by atoms with Gasteiger partial charge in [-0.05, 0) is 26.7 Å². The van der Waals surface area contributed by atoms with Crippen LogP contribution in [0.25, 0.3) is 0 Å². The number of rotatable bonds is 1. The quantitative estimate of drug-likeness (QED) is 0.806. The van der Waals surface area contributed by atoms with Crippen LogP contribution in [0.3, 0.4) is 0 Å². The molecule has 0 radical (unpaired) electrons. The van der Waals surface area contributed by atoms with E-state index in [-0.39, 0.29) is 12.1 Å². The second-order valence-electron chi connectivity index (χ2n) is 6.15. The topological polar surface area (TPSA) is 60.9 Å². The zero-order valence-corrected chi connectivity index (χ0v) is 13.3. The minimum atomic E-state index is -0.749. The summed E-state index contributed by atoms with van der Waals surface area (Å²) in [6.45, 7) is 7.92. The molecular weight excluding hydrogens is 276 g/mol. The molecule has 0 aromatic heterocycles. The lowest BCUT2D eigenvalue weighted by molar-refractivity contribution is -0.150. The maximum absolute atomic E-state index is 12.6. The molecule has 0 aliphatic carbocycles. The van der Waals surface area contributed by atoms with Crippen LogP contribution < -0.4 is 0 Å². The highest BCUT2D eigenvalue weighted by molar-refractivity contribution is 8.00. The third-order valence-electron chi connectivity index (χ3n) is 4.78. The Bertz CT molecular complexity index is 394. The molecule has 0 bridgehead atoms. The molecule has 2 aliphatic rings. The highest BCUT2D eigenvalue weighted by Crippen LogP contribution is 2.32. The normalized spacial score (nSPS) is 30.1. The lowest BCUT2D eigenvalue weighted by Gasteiger charge is -2.43. The number of thioether (sulfide) groups is 1. The second kappa shape index (κ2) is 5.84. The van der Waals surface area contributed by atoms with Gasteiger partial charge < -0.3 is 14.9 Å². The van der Waals surface area contributed by atoms with Crippen molar-refractivity contribution in [1.29, 1.82) is 0 Å². The van der Waals surface area contributed by atoms with Crippen molar-refractivity contribution in [3.63, 3.8) is 0 Å². The Kier molecular flexibility index (Phi) is 4.52. The largest absolute Gasteiger partial charge is 0.481 e. The average Bonchev–Trinajstić information content (AvgIpc) is 2.42. The van der Waals surface area contributed by atoms with Crippen LogP contribution in [0.5, 0.6) is 0 Å². The first kappa shape index (κ1) is 15.5. The molecule has 0 spiro atoms. The van der Waals surface area contributed by atoms with Gasteiger partial charge in [0, 0.05) is 36.7 Å². The molecule has 2 rings (SSSR count). The summed E-state index contributed by atoms with van der Waals surface area (Å²) < 4.78 is 0. The van der Waals surface area contributed by atoms with Gasteiger partial charge in [0.1, 0.15) is 0 Å². The van der Waals surface area contributed by atoms with Crippen molar-refractivity contribution >= 4 is 23.8 Å². The Morgan fingerprint density at radius 3 is 2.35 bits per heavy atom. The third-order valence-corrected chi connectivity index (χ3v) is 6.12. The molecule has 5 nitrogen and oxygen atoms in total. The summed E-state index contributed by atoms with van der Waals surface area (Å²) in [5.41, 5.74) is -0.673. The zero-order valence-electron chi connectivity index (χ0n) is 12.5. The minimum absolute atomic E-state index is 0.0806. The van der Waals surface area contributed by atoms with Gasteiger partial charge in [-0.3, -0.25) is 4.79 Å². The minimum Gasteiger partial charge on any atom is -0.481 e. The number of piperidine rings is 1. The van der Waals surface area contributed by atoms with E-state index in [1.807, 2.05) is 21.6 Å². The number of likely N-dealkylation sites (tertiary alicyclic amines) is 1. The molecule has 2 amide bonds.